The van der Waals surface area contributed by atoms with E-state index >= 15 is 0 Å². The van der Waals surface area contributed by atoms with E-state index in [0.717, 1.165) is 21.9 Å². The molecule has 0 spiro atoms. The number of rotatable bonds is 6. The number of nitrogens with one attached hydrogen (secondary N) is 1. The van der Waals surface area contributed by atoms with Crippen LogP contribution < -0.4 is 10.1 Å². The average molecular weight is 324 g/mol. The third kappa shape index (κ3) is 4.92. The average Bonchev–Trinajstić information content (AvgIpc) is 2.43. The van der Waals surface area contributed by atoms with Crippen LogP contribution in [0.5, 0.6) is 5.75 Å². The molecular weight excluding hydrogens is 305 g/mol. The number of ether oxygens (including phenoxy) is 1. The fourth-order valence-electron chi connectivity index (χ4n) is 2.03. The summed E-state index contributed by atoms with van der Waals surface area (Å²) < 4.78 is 5.80. The van der Waals surface area contributed by atoms with E-state index in [-0.39, 0.29) is 6.10 Å². The topological polar surface area (TPSA) is 21.3 Å². The van der Waals surface area contributed by atoms with E-state index in [4.69, 9.17) is 27.9 Å². The van der Waals surface area contributed by atoms with Crippen LogP contribution in [-0.2, 0) is 13.1 Å². The molecule has 0 saturated carbocycles. The van der Waals surface area contributed by atoms with Gasteiger partial charge in [-0.3, -0.25) is 0 Å². The monoisotopic (exact) mass is 323 g/mol. The van der Waals surface area contributed by atoms with Gasteiger partial charge in [-0.1, -0.05) is 41.4 Å². The molecule has 2 rings (SSSR count). The summed E-state index contributed by atoms with van der Waals surface area (Å²) in [5, 5.41) is 4.86. The molecule has 2 nitrogen and oxygen atoms in total. The molecule has 0 unspecified atom stereocenters. The summed E-state index contributed by atoms with van der Waals surface area (Å²) in [6.45, 7) is 5.40. The van der Waals surface area contributed by atoms with Crippen molar-refractivity contribution in [2.45, 2.75) is 33.0 Å². The largest absolute Gasteiger partial charge is 0.491 e. The molecule has 2 aromatic rings. The molecular formula is C17H19Cl2NO. The number of hydrogen-bond donors (Lipinski definition) is 1. The highest BCUT2D eigenvalue weighted by molar-refractivity contribution is 6.31. The van der Waals surface area contributed by atoms with E-state index in [1.165, 1.54) is 0 Å². The second-order valence-corrected chi connectivity index (χ2v) is 5.96. The molecule has 0 aromatic heterocycles. The van der Waals surface area contributed by atoms with Crippen LogP contribution in [0.2, 0.25) is 10.0 Å². The summed E-state index contributed by atoms with van der Waals surface area (Å²) in [6.07, 6.45) is 0.133. The van der Waals surface area contributed by atoms with E-state index in [1.54, 1.807) is 0 Å². The molecule has 112 valence electrons. The Kier molecular flexibility index (Phi) is 5.92. The van der Waals surface area contributed by atoms with E-state index in [2.05, 4.69) is 5.32 Å². The maximum absolute atomic E-state index is 6.15. The van der Waals surface area contributed by atoms with Gasteiger partial charge in [0.15, 0.2) is 0 Å². The molecule has 0 aliphatic carbocycles. The van der Waals surface area contributed by atoms with Gasteiger partial charge in [0, 0.05) is 28.7 Å². The molecule has 0 bridgehead atoms. The normalized spacial score (nSPS) is 10.9. The van der Waals surface area contributed by atoms with Gasteiger partial charge in [0.2, 0.25) is 0 Å². The van der Waals surface area contributed by atoms with Crippen molar-refractivity contribution >= 4 is 23.2 Å². The first-order valence-corrected chi connectivity index (χ1v) is 7.71. The number of benzene rings is 2. The lowest BCUT2D eigenvalue weighted by atomic mass is 10.2. The third-order valence-corrected chi connectivity index (χ3v) is 3.58. The summed E-state index contributed by atoms with van der Waals surface area (Å²) in [5.41, 5.74) is 2.12. The molecule has 0 radical (unpaired) electrons. The molecule has 0 heterocycles. The Hall–Kier alpha value is -1.22. The summed E-state index contributed by atoms with van der Waals surface area (Å²) >= 11 is 12.2. The molecule has 4 heteroatoms. The highest BCUT2D eigenvalue weighted by Crippen LogP contribution is 2.24. The third-order valence-electron chi connectivity index (χ3n) is 2.97. The van der Waals surface area contributed by atoms with E-state index in [9.17, 15) is 0 Å². The Morgan fingerprint density at radius 2 is 1.71 bits per heavy atom. The van der Waals surface area contributed by atoms with Gasteiger partial charge in [0.1, 0.15) is 5.75 Å². The van der Waals surface area contributed by atoms with Crippen molar-refractivity contribution in [1.29, 1.82) is 0 Å². The summed E-state index contributed by atoms with van der Waals surface area (Å²) in [7, 11) is 0. The second-order valence-electron chi connectivity index (χ2n) is 5.11. The SMILES string of the molecule is CC(C)Oc1ccc(Cl)cc1CNCc1ccccc1Cl. The fourth-order valence-corrected chi connectivity index (χ4v) is 2.43. The Bertz CT molecular complexity index is 599. The molecule has 0 aliphatic heterocycles. The van der Waals surface area contributed by atoms with Crippen molar-refractivity contribution in [1.82, 2.24) is 5.32 Å². The summed E-state index contributed by atoms with van der Waals surface area (Å²) in [6, 6.07) is 13.5. The minimum atomic E-state index is 0.133. The van der Waals surface area contributed by atoms with E-state index in [1.807, 2.05) is 56.3 Å². The molecule has 0 atom stereocenters. The van der Waals surface area contributed by atoms with Crippen LogP contribution in [0.25, 0.3) is 0 Å². The molecule has 21 heavy (non-hydrogen) atoms. The lowest BCUT2D eigenvalue weighted by Crippen LogP contribution is -2.15. The van der Waals surface area contributed by atoms with E-state index < -0.39 is 0 Å². The van der Waals surface area contributed by atoms with Crippen LogP contribution in [0, 0.1) is 0 Å². The van der Waals surface area contributed by atoms with Gasteiger partial charge in [0.05, 0.1) is 6.10 Å². The maximum atomic E-state index is 6.15. The van der Waals surface area contributed by atoms with Crippen LogP contribution in [0.4, 0.5) is 0 Å². The van der Waals surface area contributed by atoms with Gasteiger partial charge in [-0.2, -0.15) is 0 Å². The van der Waals surface area contributed by atoms with Gasteiger partial charge in [0.25, 0.3) is 0 Å². The zero-order valence-electron chi connectivity index (χ0n) is 12.2. The first-order valence-electron chi connectivity index (χ1n) is 6.95. The van der Waals surface area contributed by atoms with Crippen LogP contribution in [-0.4, -0.2) is 6.10 Å². The predicted octanol–water partition coefficient (Wildman–Crippen LogP) is 5.07. The highest BCUT2D eigenvalue weighted by atomic mass is 35.5. The Balaban J connectivity index is 2.02. The van der Waals surface area contributed by atoms with Gasteiger partial charge in [-0.25, -0.2) is 0 Å². The molecule has 1 N–H and O–H groups in total. The summed E-state index contributed by atoms with van der Waals surface area (Å²) in [5.74, 6) is 0.862. The standard InChI is InChI=1S/C17H19Cl2NO/c1-12(2)21-17-8-7-15(18)9-14(17)11-20-10-13-5-3-4-6-16(13)19/h3-9,12,20H,10-11H2,1-2H3. The zero-order valence-corrected chi connectivity index (χ0v) is 13.7. The first-order chi connectivity index (χ1) is 10.1. The fraction of sp³-hybridized carbons (Fsp3) is 0.294. The number of hydrogen-bond acceptors (Lipinski definition) is 2. The summed E-state index contributed by atoms with van der Waals surface area (Å²) in [4.78, 5) is 0. The molecule has 2 aromatic carbocycles. The van der Waals surface area contributed by atoms with Crippen LogP contribution in [0.3, 0.4) is 0 Å². The predicted molar refractivity (Wildman–Crippen MR) is 89.2 cm³/mol. The van der Waals surface area contributed by atoms with Gasteiger partial charge >= 0.3 is 0 Å². The molecule has 0 fully saturated rings. The lowest BCUT2D eigenvalue weighted by Gasteiger charge is -2.15. The Morgan fingerprint density at radius 3 is 2.43 bits per heavy atom. The number of halogens is 2. The van der Waals surface area contributed by atoms with Crippen molar-refractivity contribution in [3.05, 3.63) is 63.6 Å². The molecule has 0 aliphatic rings. The maximum Gasteiger partial charge on any atom is 0.124 e. The second kappa shape index (κ2) is 7.69. The van der Waals surface area contributed by atoms with Gasteiger partial charge in [-0.05, 0) is 43.7 Å². The minimum Gasteiger partial charge on any atom is -0.491 e. The first kappa shape index (κ1) is 16.2. The van der Waals surface area contributed by atoms with Gasteiger partial charge < -0.3 is 10.1 Å². The van der Waals surface area contributed by atoms with Crippen LogP contribution >= 0.6 is 23.2 Å². The van der Waals surface area contributed by atoms with Crippen LogP contribution in [0.15, 0.2) is 42.5 Å². The quantitative estimate of drug-likeness (QED) is 0.801. The van der Waals surface area contributed by atoms with Gasteiger partial charge in [-0.15, -0.1) is 0 Å². The van der Waals surface area contributed by atoms with Crippen LogP contribution in [0.1, 0.15) is 25.0 Å². The minimum absolute atomic E-state index is 0.133. The Labute approximate surface area is 136 Å². The molecule has 0 saturated heterocycles. The van der Waals surface area contributed by atoms with Crippen molar-refractivity contribution in [3.63, 3.8) is 0 Å². The lowest BCUT2D eigenvalue weighted by molar-refractivity contribution is 0.239. The molecule has 0 amide bonds. The van der Waals surface area contributed by atoms with Crippen molar-refractivity contribution in [2.24, 2.45) is 0 Å². The zero-order chi connectivity index (χ0) is 15.2. The van der Waals surface area contributed by atoms with Crippen molar-refractivity contribution in [3.8, 4) is 5.75 Å². The smallest absolute Gasteiger partial charge is 0.124 e. The van der Waals surface area contributed by atoms with Crippen molar-refractivity contribution < 1.29 is 4.74 Å². The van der Waals surface area contributed by atoms with E-state index in [0.29, 0.717) is 18.1 Å². The Morgan fingerprint density at radius 1 is 1.00 bits per heavy atom. The van der Waals surface area contributed by atoms with Crippen molar-refractivity contribution in [2.75, 3.05) is 0 Å². The highest BCUT2D eigenvalue weighted by Gasteiger charge is 2.07.